The predicted molar refractivity (Wildman–Crippen MR) is 126 cm³/mol. The van der Waals surface area contributed by atoms with E-state index in [1.165, 1.54) is 32.1 Å². The SMILES string of the molecule is CCC[C@H]1CN(Cc2ccc(CN3C(=O)[C@@](C)(CC4CCCCC4)N=C3N)cc2)C(=O)N1. The van der Waals surface area contributed by atoms with Crippen LogP contribution in [0.1, 0.15) is 76.3 Å². The van der Waals surface area contributed by atoms with Crippen LogP contribution in [0.2, 0.25) is 0 Å². The van der Waals surface area contributed by atoms with Gasteiger partial charge in [0.25, 0.3) is 5.91 Å². The zero-order chi connectivity index (χ0) is 22.7. The van der Waals surface area contributed by atoms with Gasteiger partial charge in [-0.05, 0) is 36.8 Å². The number of amides is 3. The third-order valence-corrected chi connectivity index (χ3v) is 7.18. The highest BCUT2D eigenvalue weighted by atomic mass is 16.2. The summed E-state index contributed by atoms with van der Waals surface area (Å²) in [6.07, 6.45) is 9.05. The Bertz CT molecular complexity index is 862. The fraction of sp³-hybridized carbons (Fsp3) is 0.640. The van der Waals surface area contributed by atoms with Crippen LogP contribution < -0.4 is 11.1 Å². The molecule has 3 aliphatic rings. The van der Waals surface area contributed by atoms with Crippen LogP contribution in [0, 0.1) is 5.92 Å². The summed E-state index contributed by atoms with van der Waals surface area (Å²) in [6, 6.07) is 8.36. The van der Waals surface area contributed by atoms with Crippen molar-refractivity contribution in [1.82, 2.24) is 15.1 Å². The average Bonchev–Trinajstić information content (AvgIpc) is 3.21. The summed E-state index contributed by atoms with van der Waals surface area (Å²) in [5.41, 5.74) is 7.55. The first-order chi connectivity index (χ1) is 15.4. The molecule has 7 heteroatoms. The predicted octanol–water partition coefficient (Wildman–Crippen LogP) is 3.77. The second-order valence-corrected chi connectivity index (χ2v) is 9.98. The monoisotopic (exact) mass is 439 g/mol. The first-order valence-electron chi connectivity index (χ1n) is 12.2. The second kappa shape index (κ2) is 9.51. The zero-order valence-corrected chi connectivity index (χ0v) is 19.5. The normalized spacial score (nSPS) is 26.6. The van der Waals surface area contributed by atoms with E-state index in [2.05, 4.69) is 17.2 Å². The van der Waals surface area contributed by atoms with E-state index in [1.807, 2.05) is 36.1 Å². The van der Waals surface area contributed by atoms with Crippen LogP contribution >= 0.6 is 0 Å². The molecule has 1 aromatic rings. The van der Waals surface area contributed by atoms with E-state index in [0.29, 0.717) is 25.0 Å². The van der Waals surface area contributed by atoms with Crippen LogP contribution in [0.5, 0.6) is 0 Å². The Morgan fingerprint density at radius 3 is 2.41 bits per heavy atom. The molecule has 0 radical (unpaired) electrons. The third-order valence-electron chi connectivity index (χ3n) is 7.18. The van der Waals surface area contributed by atoms with Crippen molar-refractivity contribution in [2.75, 3.05) is 6.54 Å². The molecule has 0 spiro atoms. The fourth-order valence-corrected chi connectivity index (χ4v) is 5.46. The number of rotatable bonds is 8. The van der Waals surface area contributed by atoms with E-state index >= 15 is 0 Å². The maximum Gasteiger partial charge on any atom is 0.318 e. The van der Waals surface area contributed by atoms with Gasteiger partial charge in [-0.1, -0.05) is 69.7 Å². The Morgan fingerprint density at radius 1 is 1.09 bits per heavy atom. The van der Waals surface area contributed by atoms with E-state index in [0.717, 1.165) is 36.9 Å². The molecule has 1 saturated carbocycles. The maximum absolute atomic E-state index is 13.2. The molecule has 32 heavy (non-hydrogen) atoms. The quantitative estimate of drug-likeness (QED) is 0.646. The van der Waals surface area contributed by atoms with Crippen molar-refractivity contribution in [2.24, 2.45) is 16.6 Å². The van der Waals surface area contributed by atoms with Gasteiger partial charge in [0, 0.05) is 19.1 Å². The Morgan fingerprint density at radius 2 is 1.75 bits per heavy atom. The van der Waals surface area contributed by atoms with Crippen LogP contribution in [0.15, 0.2) is 29.3 Å². The molecule has 0 unspecified atom stereocenters. The molecule has 0 bridgehead atoms. The summed E-state index contributed by atoms with van der Waals surface area (Å²) < 4.78 is 0. The van der Waals surface area contributed by atoms with E-state index in [9.17, 15) is 9.59 Å². The molecule has 7 nitrogen and oxygen atoms in total. The van der Waals surface area contributed by atoms with Crippen molar-refractivity contribution in [2.45, 2.75) is 89.9 Å². The zero-order valence-electron chi connectivity index (χ0n) is 19.5. The van der Waals surface area contributed by atoms with Gasteiger partial charge in [0.15, 0.2) is 5.96 Å². The lowest BCUT2D eigenvalue weighted by Gasteiger charge is -2.29. The largest absolute Gasteiger partial charge is 0.369 e. The van der Waals surface area contributed by atoms with Gasteiger partial charge in [-0.3, -0.25) is 9.69 Å². The van der Waals surface area contributed by atoms with Gasteiger partial charge >= 0.3 is 6.03 Å². The molecule has 3 amide bonds. The minimum atomic E-state index is -0.732. The number of nitrogens with one attached hydrogen (secondary N) is 1. The molecule has 2 atom stereocenters. The summed E-state index contributed by atoms with van der Waals surface area (Å²) in [6.45, 7) is 5.85. The molecule has 0 aromatic heterocycles. The van der Waals surface area contributed by atoms with Gasteiger partial charge in [-0.2, -0.15) is 0 Å². The standard InChI is InChI=1S/C25H37N5O2/c1-3-7-21-17-29(24(32)27-21)15-19-10-12-20(13-11-19)16-30-22(31)25(2,28-23(30)26)14-18-8-5-4-6-9-18/h10-13,18,21H,3-9,14-17H2,1-2H3,(H2,26,28)(H,27,32)/t21-,25+/m0/s1. The van der Waals surface area contributed by atoms with Crippen LogP contribution in [0.25, 0.3) is 0 Å². The topological polar surface area (TPSA) is 91.0 Å². The molecule has 2 fully saturated rings. The number of aliphatic imine (C=N–C) groups is 1. The van der Waals surface area contributed by atoms with Crippen LogP contribution in [0.3, 0.4) is 0 Å². The molecule has 1 aromatic carbocycles. The molecule has 3 N–H and O–H groups in total. The summed E-state index contributed by atoms with van der Waals surface area (Å²) in [7, 11) is 0. The molecular formula is C25H37N5O2. The van der Waals surface area contributed by atoms with Crippen molar-refractivity contribution in [3.05, 3.63) is 35.4 Å². The van der Waals surface area contributed by atoms with Crippen molar-refractivity contribution in [3.63, 3.8) is 0 Å². The molecule has 2 heterocycles. The van der Waals surface area contributed by atoms with Gasteiger partial charge < -0.3 is 16.0 Å². The van der Waals surface area contributed by atoms with E-state index in [1.54, 1.807) is 4.90 Å². The van der Waals surface area contributed by atoms with Crippen molar-refractivity contribution < 1.29 is 9.59 Å². The van der Waals surface area contributed by atoms with Gasteiger partial charge in [-0.15, -0.1) is 0 Å². The molecule has 4 rings (SSSR count). The Labute approximate surface area is 191 Å². The first-order valence-corrected chi connectivity index (χ1v) is 12.2. The summed E-state index contributed by atoms with van der Waals surface area (Å²) in [5.74, 6) is 0.904. The number of benzene rings is 1. The summed E-state index contributed by atoms with van der Waals surface area (Å²) >= 11 is 0. The minimum absolute atomic E-state index is 0.0106. The van der Waals surface area contributed by atoms with E-state index in [-0.39, 0.29) is 18.0 Å². The molecule has 1 saturated heterocycles. The summed E-state index contributed by atoms with van der Waals surface area (Å²) in [4.78, 5) is 33.5. The van der Waals surface area contributed by atoms with Crippen molar-refractivity contribution in [1.29, 1.82) is 0 Å². The smallest absolute Gasteiger partial charge is 0.318 e. The van der Waals surface area contributed by atoms with Crippen molar-refractivity contribution in [3.8, 4) is 0 Å². The number of hydrogen-bond donors (Lipinski definition) is 2. The maximum atomic E-state index is 13.2. The highest BCUT2D eigenvalue weighted by molar-refractivity contribution is 6.06. The number of urea groups is 1. The Hall–Kier alpha value is -2.57. The number of guanidine groups is 1. The highest BCUT2D eigenvalue weighted by Crippen LogP contribution is 2.35. The van der Waals surface area contributed by atoms with E-state index in [4.69, 9.17) is 5.73 Å². The first kappa shape index (κ1) is 22.6. The third kappa shape index (κ3) is 4.92. The average molecular weight is 440 g/mol. The molecule has 1 aliphatic carbocycles. The molecule has 2 aliphatic heterocycles. The van der Waals surface area contributed by atoms with Crippen LogP contribution in [-0.2, 0) is 17.9 Å². The number of carbonyl (C=O) groups excluding carboxylic acids is 2. The number of hydrogen-bond acceptors (Lipinski definition) is 4. The number of nitrogens with zero attached hydrogens (tertiary/aromatic N) is 3. The Kier molecular flexibility index (Phi) is 6.72. The van der Waals surface area contributed by atoms with Crippen LogP contribution in [0.4, 0.5) is 4.79 Å². The fourth-order valence-electron chi connectivity index (χ4n) is 5.46. The van der Waals surface area contributed by atoms with Crippen molar-refractivity contribution >= 4 is 17.9 Å². The molecular weight excluding hydrogens is 402 g/mol. The number of carbonyl (C=O) groups is 2. The molecule has 174 valence electrons. The van der Waals surface area contributed by atoms with Gasteiger partial charge in [0.05, 0.1) is 6.54 Å². The Balaban J connectivity index is 1.34. The second-order valence-electron chi connectivity index (χ2n) is 9.98. The number of nitrogens with two attached hydrogens (primary N) is 1. The lowest BCUT2D eigenvalue weighted by molar-refractivity contribution is -0.131. The van der Waals surface area contributed by atoms with Crippen LogP contribution in [-0.4, -0.2) is 45.8 Å². The lowest BCUT2D eigenvalue weighted by atomic mass is 9.80. The summed E-state index contributed by atoms with van der Waals surface area (Å²) in [5, 5.41) is 3.05. The van der Waals surface area contributed by atoms with Gasteiger partial charge in [0.1, 0.15) is 5.54 Å². The van der Waals surface area contributed by atoms with Gasteiger partial charge in [-0.25, -0.2) is 9.79 Å². The highest BCUT2D eigenvalue weighted by Gasteiger charge is 2.45. The van der Waals surface area contributed by atoms with Gasteiger partial charge in [0.2, 0.25) is 0 Å². The van der Waals surface area contributed by atoms with E-state index < -0.39 is 5.54 Å². The lowest BCUT2D eigenvalue weighted by Crippen LogP contribution is -2.43. The minimum Gasteiger partial charge on any atom is -0.369 e.